The molecule has 29 heavy (non-hydrogen) atoms. The zero-order valence-electron chi connectivity index (χ0n) is 17.4. The summed E-state index contributed by atoms with van der Waals surface area (Å²) in [6.45, 7) is 7.61. The first-order valence-electron chi connectivity index (χ1n) is 9.75. The average Bonchev–Trinajstić information content (AvgIpc) is 3.15. The molecule has 1 saturated heterocycles. The molecule has 2 aliphatic heterocycles. The summed E-state index contributed by atoms with van der Waals surface area (Å²) in [7, 11) is 0. The first kappa shape index (κ1) is 22.7. The minimum atomic E-state index is -0.970. The topological polar surface area (TPSA) is 110 Å². The Morgan fingerprint density at radius 1 is 1.00 bits per heavy atom. The molecule has 0 N–H and O–H groups in total. The summed E-state index contributed by atoms with van der Waals surface area (Å²) < 4.78 is 5.98. The lowest BCUT2D eigenvalue weighted by Gasteiger charge is -2.32. The van der Waals surface area contributed by atoms with Crippen molar-refractivity contribution in [3.63, 3.8) is 0 Å². The Morgan fingerprint density at radius 3 is 2.07 bits per heavy atom. The van der Waals surface area contributed by atoms with Crippen molar-refractivity contribution >= 4 is 29.6 Å². The maximum atomic E-state index is 12.4. The highest BCUT2D eigenvalue weighted by molar-refractivity contribution is 6.12. The SMILES string of the molecule is CCC(C)(CCN1C(=O)C=CC1=O)OCCC(C)(C)C(=O)ON1C(=O)CCC1=O. The van der Waals surface area contributed by atoms with E-state index in [2.05, 4.69) is 0 Å². The third kappa shape index (κ3) is 5.50. The molecule has 0 radical (unpaired) electrons. The van der Waals surface area contributed by atoms with Crippen LogP contribution in [0.4, 0.5) is 0 Å². The Morgan fingerprint density at radius 2 is 1.55 bits per heavy atom. The van der Waals surface area contributed by atoms with E-state index in [4.69, 9.17) is 9.57 Å². The van der Waals surface area contributed by atoms with Crippen molar-refractivity contribution in [2.45, 2.75) is 65.4 Å². The molecule has 1 atom stereocenters. The van der Waals surface area contributed by atoms with Gasteiger partial charge in [-0.05, 0) is 40.0 Å². The van der Waals surface area contributed by atoms with Crippen LogP contribution in [0.25, 0.3) is 0 Å². The predicted octanol–water partition coefficient (Wildman–Crippen LogP) is 1.51. The highest BCUT2D eigenvalue weighted by atomic mass is 16.7. The van der Waals surface area contributed by atoms with E-state index in [-0.39, 0.29) is 37.8 Å². The van der Waals surface area contributed by atoms with Crippen LogP contribution in [0.15, 0.2) is 12.2 Å². The molecule has 0 aliphatic carbocycles. The molecule has 2 aliphatic rings. The van der Waals surface area contributed by atoms with Crippen molar-refractivity contribution in [3.8, 4) is 0 Å². The third-order valence-corrected chi connectivity index (χ3v) is 5.42. The van der Waals surface area contributed by atoms with Gasteiger partial charge in [-0.25, -0.2) is 4.79 Å². The van der Waals surface area contributed by atoms with Crippen molar-refractivity contribution in [2.24, 2.45) is 5.41 Å². The second-order valence-corrected chi connectivity index (χ2v) is 8.16. The van der Waals surface area contributed by atoms with Crippen LogP contribution in [0.5, 0.6) is 0 Å². The van der Waals surface area contributed by atoms with Gasteiger partial charge in [-0.15, -0.1) is 5.06 Å². The van der Waals surface area contributed by atoms with Gasteiger partial charge in [-0.3, -0.25) is 24.1 Å². The molecule has 0 aromatic rings. The lowest BCUT2D eigenvalue weighted by molar-refractivity contribution is -0.205. The summed E-state index contributed by atoms with van der Waals surface area (Å²) in [5.74, 6) is -2.38. The minimum Gasteiger partial charge on any atom is -0.375 e. The second kappa shape index (κ2) is 8.86. The number of carbonyl (C=O) groups excluding carboxylic acids is 5. The summed E-state index contributed by atoms with van der Waals surface area (Å²) >= 11 is 0. The van der Waals surface area contributed by atoms with E-state index in [1.807, 2.05) is 13.8 Å². The van der Waals surface area contributed by atoms with Crippen LogP contribution in [-0.4, -0.2) is 58.3 Å². The van der Waals surface area contributed by atoms with Gasteiger partial charge in [0, 0.05) is 38.1 Å². The summed E-state index contributed by atoms with van der Waals surface area (Å²) in [5.41, 5.74) is -1.55. The molecule has 0 aromatic carbocycles. The Bertz CT molecular complexity index is 709. The van der Waals surface area contributed by atoms with Crippen LogP contribution in [0, 0.1) is 5.41 Å². The van der Waals surface area contributed by atoms with Gasteiger partial charge < -0.3 is 9.57 Å². The first-order chi connectivity index (χ1) is 13.5. The van der Waals surface area contributed by atoms with Gasteiger partial charge in [0.1, 0.15) is 0 Å². The molecule has 1 fully saturated rings. The minimum absolute atomic E-state index is 0.0437. The summed E-state index contributed by atoms with van der Waals surface area (Å²) in [4.78, 5) is 65.1. The molecule has 0 aromatic heterocycles. The van der Waals surface area contributed by atoms with E-state index in [1.165, 1.54) is 17.1 Å². The van der Waals surface area contributed by atoms with E-state index in [0.717, 1.165) is 0 Å². The van der Waals surface area contributed by atoms with Crippen LogP contribution < -0.4 is 0 Å². The van der Waals surface area contributed by atoms with Crippen LogP contribution >= 0.6 is 0 Å². The molecule has 2 heterocycles. The van der Waals surface area contributed by atoms with Gasteiger partial charge in [0.25, 0.3) is 23.6 Å². The number of hydroxylamine groups is 2. The van der Waals surface area contributed by atoms with E-state index in [1.54, 1.807) is 13.8 Å². The van der Waals surface area contributed by atoms with Gasteiger partial charge in [0.2, 0.25) is 0 Å². The smallest absolute Gasteiger partial charge is 0.338 e. The average molecular weight is 408 g/mol. The molecular formula is C20H28N2O7. The van der Waals surface area contributed by atoms with E-state index >= 15 is 0 Å². The zero-order valence-corrected chi connectivity index (χ0v) is 17.4. The summed E-state index contributed by atoms with van der Waals surface area (Å²) in [6.07, 6.45) is 4.00. The van der Waals surface area contributed by atoms with Crippen molar-refractivity contribution < 1.29 is 33.5 Å². The molecular weight excluding hydrogens is 380 g/mol. The van der Waals surface area contributed by atoms with Gasteiger partial charge >= 0.3 is 5.97 Å². The zero-order chi connectivity index (χ0) is 21.8. The standard InChI is InChI=1S/C20H28N2O7/c1-5-20(4,10-12-21-14(23)6-7-15(21)24)28-13-11-19(2,3)18(27)29-22-16(25)8-9-17(22)26/h6-7H,5,8-13H2,1-4H3. The van der Waals surface area contributed by atoms with E-state index in [0.29, 0.717) is 24.3 Å². The van der Waals surface area contributed by atoms with Gasteiger partial charge in [0.05, 0.1) is 11.0 Å². The first-order valence-corrected chi connectivity index (χ1v) is 9.75. The number of hydrogen-bond acceptors (Lipinski definition) is 7. The van der Waals surface area contributed by atoms with Gasteiger partial charge in [-0.1, -0.05) is 6.92 Å². The van der Waals surface area contributed by atoms with Crippen molar-refractivity contribution in [1.29, 1.82) is 0 Å². The monoisotopic (exact) mass is 408 g/mol. The summed E-state index contributed by atoms with van der Waals surface area (Å²) in [5, 5.41) is 0.541. The quantitative estimate of drug-likeness (QED) is 0.504. The molecule has 160 valence electrons. The molecule has 2 rings (SSSR count). The highest BCUT2D eigenvalue weighted by Gasteiger charge is 2.38. The van der Waals surface area contributed by atoms with Crippen LogP contribution in [-0.2, 0) is 33.5 Å². The fourth-order valence-corrected chi connectivity index (χ4v) is 2.87. The van der Waals surface area contributed by atoms with Crippen molar-refractivity contribution in [3.05, 3.63) is 12.2 Å². The van der Waals surface area contributed by atoms with Crippen molar-refractivity contribution in [1.82, 2.24) is 9.96 Å². The lowest BCUT2D eigenvalue weighted by atomic mass is 9.90. The Hall–Kier alpha value is -2.55. The number of carbonyl (C=O) groups is 5. The van der Waals surface area contributed by atoms with Crippen LogP contribution in [0.1, 0.15) is 59.8 Å². The molecule has 9 nitrogen and oxygen atoms in total. The Balaban J connectivity index is 1.84. The molecule has 1 unspecified atom stereocenters. The van der Waals surface area contributed by atoms with Crippen LogP contribution in [0.2, 0.25) is 0 Å². The molecule has 0 saturated carbocycles. The summed E-state index contributed by atoms with van der Waals surface area (Å²) in [6, 6.07) is 0. The largest absolute Gasteiger partial charge is 0.375 e. The lowest BCUT2D eigenvalue weighted by Crippen LogP contribution is -2.40. The highest BCUT2D eigenvalue weighted by Crippen LogP contribution is 2.28. The Labute approximate surface area is 169 Å². The molecule has 0 spiro atoms. The molecule has 9 heteroatoms. The molecule has 4 amide bonds. The maximum Gasteiger partial charge on any atom is 0.338 e. The Kier molecular flexibility index (Phi) is 6.94. The number of imide groups is 2. The normalized spacial score (nSPS) is 19.3. The number of amides is 4. The number of nitrogens with zero attached hydrogens (tertiary/aromatic N) is 2. The molecule has 0 bridgehead atoms. The van der Waals surface area contributed by atoms with Gasteiger partial charge in [0.15, 0.2) is 0 Å². The van der Waals surface area contributed by atoms with E-state index in [9.17, 15) is 24.0 Å². The third-order valence-electron chi connectivity index (χ3n) is 5.42. The number of hydrogen-bond donors (Lipinski definition) is 0. The van der Waals surface area contributed by atoms with Crippen molar-refractivity contribution in [2.75, 3.05) is 13.2 Å². The fourth-order valence-electron chi connectivity index (χ4n) is 2.87. The number of rotatable bonds is 10. The second-order valence-electron chi connectivity index (χ2n) is 8.16. The fraction of sp³-hybridized carbons (Fsp3) is 0.650. The van der Waals surface area contributed by atoms with Gasteiger partial charge in [-0.2, -0.15) is 0 Å². The number of ether oxygens (including phenoxy) is 1. The van der Waals surface area contributed by atoms with E-state index < -0.39 is 28.8 Å². The van der Waals surface area contributed by atoms with Crippen LogP contribution in [0.3, 0.4) is 0 Å². The predicted molar refractivity (Wildman–Crippen MR) is 101 cm³/mol. The maximum absolute atomic E-state index is 12.4.